The molecule has 5 heteroatoms. The minimum absolute atomic E-state index is 0.150. The van der Waals surface area contributed by atoms with Gasteiger partial charge in [-0.15, -0.1) is 0 Å². The van der Waals surface area contributed by atoms with Gasteiger partial charge in [-0.2, -0.15) is 0 Å². The van der Waals surface area contributed by atoms with Crippen LogP contribution >= 0.6 is 11.6 Å². The molecule has 0 aliphatic carbocycles. The molecule has 0 aromatic heterocycles. The number of rotatable bonds is 6. The monoisotopic (exact) mass is 362 g/mol. The maximum Gasteiger partial charge on any atom is 0.345 e. The van der Waals surface area contributed by atoms with Crippen molar-refractivity contribution in [3.63, 3.8) is 0 Å². The first-order chi connectivity index (χ1) is 11.7. The van der Waals surface area contributed by atoms with Crippen molar-refractivity contribution in [1.82, 2.24) is 0 Å². The van der Waals surface area contributed by atoms with E-state index in [0.29, 0.717) is 22.1 Å². The lowest BCUT2D eigenvalue weighted by molar-refractivity contribution is -0.145. The molecule has 1 unspecified atom stereocenters. The second kappa shape index (κ2) is 7.79. The van der Waals surface area contributed by atoms with Gasteiger partial charge >= 0.3 is 5.97 Å². The summed E-state index contributed by atoms with van der Waals surface area (Å²) in [5.41, 5.74) is 1.49. The van der Waals surface area contributed by atoms with Crippen molar-refractivity contribution < 1.29 is 19.4 Å². The number of para-hydroxylation sites is 1. The zero-order chi connectivity index (χ0) is 18.6. The van der Waals surface area contributed by atoms with Crippen molar-refractivity contribution in [3.05, 3.63) is 58.6 Å². The van der Waals surface area contributed by atoms with Crippen LogP contribution in [0.3, 0.4) is 0 Å². The van der Waals surface area contributed by atoms with Gasteiger partial charge in [-0.3, -0.25) is 0 Å². The van der Waals surface area contributed by atoms with Crippen molar-refractivity contribution in [3.8, 4) is 11.5 Å². The number of carbonyl (C=O) groups is 1. The Kier molecular flexibility index (Phi) is 5.96. The second-order valence-corrected chi connectivity index (χ2v) is 7.29. The molecule has 2 aromatic rings. The van der Waals surface area contributed by atoms with Gasteiger partial charge < -0.3 is 14.6 Å². The molecule has 25 heavy (non-hydrogen) atoms. The molecule has 2 rings (SSSR count). The Morgan fingerprint density at radius 3 is 2.44 bits per heavy atom. The summed E-state index contributed by atoms with van der Waals surface area (Å²) in [6.45, 7) is 6.18. The molecule has 0 saturated carbocycles. The van der Waals surface area contributed by atoms with E-state index < -0.39 is 12.1 Å². The molecule has 0 bridgehead atoms. The smallest absolute Gasteiger partial charge is 0.345 e. The third-order valence-corrected chi connectivity index (χ3v) is 4.12. The van der Waals surface area contributed by atoms with Crippen LogP contribution in [-0.4, -0.2) is 24.3 Å². The van der Waals surface area contributed by atoms with Crippen molar-refractivity contribution in [1.29, 1.82) is 0 Å². The van der Waals surface area contributed by atoms with Crippen molar-refractivity contribution in [2.24, 2.45) is 0 Å². The number of aliphatic carboxylic acids is 1. The minimum Gasteiger partial charge on any atom is -0.496 e. The number of hydrogen-bond acceptors (Lipinski definition) is 3. The quantitative estimate of drug-likeness (QED) is 0.807. The van der Waals surface area contributed by atoms with Crippen LogP contribution in [0.25, 0.3) is 0 Å². The normalized spacial score (nSPS) is 12.5. The lowest BCUT2D eigenvalue weighted by Gasteiger charge is -2.25. The van der Waals surface area contributed by atoms with Gasteiger partial charge in [0.25, 0.3) is 0 Å². The van der Waals surface area contributed by atoms with Gasteiger partial charge in [-0.05, 0) is 40.8 Å². The predicted molar refractivity (Wildman–Crippen MR) is 98.9 cm³/mol. The van der Waals surface area contributed by atoms with Crippen LogP contribution in [0.5, 0.6) is 11.5 Å². The molecule has 0 fully saturated rings. The highest BCUT2D eigenvalue weighted by molar-refractivity contribution is 6.30. The van der Waals surface area contributed by atoms with Crippen LogP contribution in [0.1, 0.15) is 31.9 Å². The van der Waals surface area contributed by atoms with Crippen LogP contribution in [0, 0.1) is 0 Å². The van der Waals surface area contributed by atoms with Crippen molar-refractivity contribution >= 4 is 17.6 Å². The minimum atomic E-state index is -1.05. The van der Waals surface area contributed by atoms with Gasteiger partial charge in [0.05, 0.1) is 7.11 Å². The first kappa shape index (κ1) is 19.1. The number of halogens is 1. The predicted octanol–water partition coefficient (Wildman–Crippen LogP) is 4.72. The van der Waals surface area contributed by atoms with E-state index in [9.17, 15) is 9.90 Å². The molecule has 0 heterocycles. The summed E-state index contributed by atoms with van der Waals surface area (Å²) in [5.74, 6) is 0.123. The molecule has 4 nitrogen and oxygen atoms in total. The summed E-state index contributed by atoms with van der Waals surface area (Å²) in [6.07, 6.45) is -0.895. The third kappa shape index (κ3) is 4.89. The van der Waals surface area contributed by atoms with E-state index in [1.165, 1.54) is 7.11 Å². The van der Waals surface area contributed by atoms with Crippen LogP contribution in [0.2, 0.25) is 5.02 Å². The Labute approximate surface area is 153 Å². The topological polar surface area (TPSA) is 55.8 Å². The second-order valence-electron chi connectivity index (χ2n) is 6.85. The van der Waals surface area contributed by atoms with E-state index in [4.69, 9.17) is 21.1 Å². The SMILES string of the molecule is COc1ccc(Cl)cc1CC(Oc1ccccc1C(C)(C)C)C(=O)O. The lowest BCUT2D eigenvalue weighted by Crippen LogP contribution is -2.30. The maximum absolute atomic E-state index is 11.8. The van der Waals surface area contributed by atoms with Gasteiger partial charge in [0.15, 0.2) is 6.10 Å². The Morgan fingerprint density at radius 1 is 1.16 bits per heavy atom. The number of methoxy groups -OCH3 is 1. The number of carboxylic acids is 1. The molecule has 2 aromatic carbocycles. The number of hydrogen-bond donors (Lipinski definition) is 1. The Balaban J connectivity index is 2.33. The van der Waals surface area contributed by atoms with Gasteiger partial charge in [0, 0.05) is 11.4 Å². The summed E-state index contributed by atoms with van der Waals surface area (Å²) in [5, 5.41) is 10.1. The highest BCUT2D eigenvalue weighted by Crippen LogP contribution is 2.32. The van der Waals surface area contributed by atoms with Crippen LogP contribution in [-0.2, 0) is 16.6 Å². The van der Waals surface area contributed by atoms with Gasteiger partial charge in [0.1, 0.15) is 11.5 Å². The fourth-order valence-corrected chi connectivity index (χ4v) is 2.82. The molecule has 1 atom stereocenters. The van der Waals surface area contributed by atoms with Gasteiger partial charge in [0.2, 0.25) is 0 Å². The summed E-state index contributed by atoms with van der Waals surface area (Å²) in [4.78, 5) is 11.8. The Hall–Kier alpha value is -2.20. The summed E-state index contributed by atoms with van der Waals surface area (Å²) < 4.78 is 11.2. The van der Waals surface area contributed by atoms with E-state index in [0.717, 1.165) is 5.56 Å². The molecule has 0 aliphatic heterocycles. The third-order valence-electron chi connectivity index (χ3n) is 3.89. The molecular weight excluding hydrogens is 340 g/mol. The maximum atomic E-state index is 11.8. The van der Waals surface area contributed by atoms with Crippen molar-refractivity contribution in [2.75, 3.05) is 7.11 Å². The molecule has 0 saturated heterocycles. The largest absolute Gasteiger partial charge is 0.496 e. The molecule has 134 valence electrons. The summed E-state index contributed by atoms with van der Waals surface area (Å²) in [7, 11) is 1.54. The average molecular weight is 363 g/mol. The number of carboxylic acid groups (broad SMARTS) is 1. The van der Waals surface area contributed by atoms with Crippen molar-refractivity contribution in [2.45, 2.75) is 38.7 Å². The molecule has 0 amide bonds. The Morgan fingerprint density at radius 2 is 1.84 bits per heavy atom. The average Bonchev–Trinajstić information content (AvgIpc) is 2.54. The van der Waals surface area contributed by atoms with E-state index in [1.807, 2.05) is 18.2 Å². The fourth-order valence-electron chi connectivity index (χ4n) is 2.63. The molecule has 0 radical (unpaired) electrons. The van der Waals surface area contributed by atoms with Gasteiger partial charge in [-0.1, -0.05) is 50.6 Å². The number of ether oxygens (including phenoxy) is 2. The van der Waals surface area contributed by atoms with Gasteiger partial charge in [-0.25, -0.2) is 4.79 Å². The molecule has 0 spiro atoms. The fraction of sp³-hybridized carbons (Fsp3) is 0.350. The lowest BCUT2D eigenvalue weighted by atomic mass is 9.86. The van der Waals surface area contributed by atoms with E-state index in [1.54, 1.807) is 24.3 Å². The van der Waals surface area contributed by atoms with E-state index >= 15 is 0 Å². The van der Waals surface area contributed by atoms with Crippen LogP contribution < -0.4 is 9.47 Å². The first-order valence-corrected chi connectivity index (χ1v) is 8.41. The molecular formula is C20H23ClO4. The van der Waals surface area contributed by atoms with Crippen LogP contribution in [0.4, 0.5) is 0 Å². The zero-order valence-corrected chi connectivity index (χ0v) is 15.6. The highest BCUT2D eigenvalue weighted by Gasteiger charge is 2.25. The number of benzene rings is 2. The summed E-state index contributed by atoms with van der Waals surface area (Å²) in [6, 6.07) is 12.6. The Bertz CT molecular complexity index is 750. The highest BCUT2D eigenvalue weighted by atomic mass is 35.5. The van der Waals surface area contributed by atoms with E-state index in [-0.39, 0.29) is 11.8 Å². The van der Waals surface area contributed by atoms with Crippen LogP contribution in [0.15, 0.2) is 42.5 Å². The zero-order valence-electron chi connectivity index (χ0n) is 14.9. The molecule has 1 N–H and O–H groups in total. The summed E-state index contributed by atoms with van der Waals surface area (Å²) >= 11 is 6.04. The molecule has 0 aliphatic rings. The standard InChI is InChI=1S/C20H23ClO4/c1-20(2,3)15-7-5-6-8-17(15)25-18(19(22)23)12-13-11-14(21)9-10-16(13)24-4/h5-11,18H,12H2,1-4H3,(H,22,23). The van der Waals surface area contributed by atoms with E-state index in [2.05, 4.69) is 20.8 Å². The first-order valence-electron chi connectivity index (χ1n) is 8.03.